The molecule has 1 aromatic carbocycles. The van der Waals surface area contributed by atoms with Crippen LogP contribution in [0.2, 0.25) is 0 Å². The zero-order valence-electron chi connectivity index (χ0n) is 11.3. The van der Waals surface area contributed by atoms with E-state index < -0.39 is 5.41 Å². The van der Waals surface area contributed by atoms with E-state index in [1.807, 2.05) is 31.2 Å². The fraction of sp³-hybridized carbons (Fsp3) is 0.250. The van der Waals surface area contributed by atoms with E-state index in [0.29, 0.717) is 29.8 Å². The van der Waals surface area contributed by atoms with E-state index in [9.17, 15) is 9.90 Å². The number of carbonyl (C=O) groups is 1. The summed E-state index contributed by atoms with van der Waals surface area (Å²) in [5.74, 6) is 0.0173. The van der Waals surface area contributed by atoms with Gasteiger partial charge in [-0.05, 0) is 43.5 Å². The van der Waals surface area contributed by atoms with Crippen LogP contribution in [0.25, 0.3) is 0 Å². The summed E-state index contributed by atoms with van der Waals surface area (Å²) in [6.07, 6.45) is 1.36. The van der Waals surface area contributed by atoms with Gasteiger partial charge in [0.05, 0.1) is 11.1 Å². The molecule has 4 heteroatoms. The summed E-state index contributed by atoms with van der Waals surface area (Å²) >= 11 is 0. The van der Waals surface area contributed by atoms with Crippen LogP contribution in [0.4, 0.5) is 5.69 Å². The van der Waals surface area contributed by atoms with E-state index in [-0.39, 0.29) is 11.7 Å². The van der Waals surface area contributed by atoms with Gasteiger partial charge in [-0.1, -0.05) is 12.1 Å². The minimum atomic E-state index is -0.556. The van der Waals surface area contributed by atoms with Crippen LogP contribution in [0, 0.1) is 0 Å². The Bertz CT molecular complexity index is 679. The maximum atomic E-state index is 12.8. The van der Waals surface area contributed by atoms with Gasteiger partial charge < -0.3 is 10.8 Å². The summed E-state index contributed by atoms with van der Waals surface area (Å²) in [4.78, 5) is 16.8. The number of anilines is 1. The van der Waals surface area contributed by atoms with Gasteiger partial charge in [0.1, 0.15) is 0 Å². The van der Waals surface area contributed by atoms with Crippen LogP contribution in [-0.4, -0.2) is 15.9 Å². The van der Waals surface area contributed by atoms with E-state index >= 15 is 0 Å². The Kier molecular flexibility index (Phi) is 2.74. The molecule has 0 fully saturated rings. The zero-order valence-corrected chi connectivity index (χ0v) is 11.3. The Hall–Kier alpha value is -2.36. The summed E-state index contributed by atoms with van der Waals surface area (Å²) in [7, 11) is 0. The highest BCUT2D eigenvalue weighted by Gasteiger charge is 2.40. The Morgan fingerprint density at radius 3 is 2.60 bits per heavy atom. The van der Waals surface area contributed by atoms with E-state index in [4.69, 9.17) is 5.73 Å². The lowest BCUT2D eigenvalue weighted by Gasteiger charge is -2.33. The molecule has 0 radical (unpaired) electrons. The number of aryl methyl sites for hydroxylation is 1. The smallest absolute Gasteiger partial charge is 0.210 e. The molecule has 3 rings (SSSR count). The molecule has 0 saturated heterocycles. The van der Waals surface area contributed by atoms with Crippen molar-refractivity contribution in [2.75, 3.05) is 5.73 Å². The van der Waals surface area contributed by atoms with Gasteiger partial charge in [0.15, 0.2) is 5.78 Å². The number of aromatic nitrogens is 1. The molecule has 1 unspecified atom stereocenters. The first kappa shape index (κ1) is 12.7. The van der Waals surface area contributed by atoms with Crippen LogP contribution in [0.3, 0.4) is 0 Å². The number of rotatable bonds is 1. The highest BCUT2D eigenvalue weighted by atomic mass is 16.3. The standard InChI is InChI=1S/C16H16N2O2/c1-16(10-2-4-11(17)5-3-10)9-8-13-12(15(16)20)6-7-14(19)18-13/h2-7H,8-9,17H2,1H3,(H,18,19). The van der Waals surface area contributed by atoms with Gasteiger partial charge in [-0.15, -0.1) is 0 Å². The molecule has 0 aliphatic heterocycles. The minimum absolute atomic E-state index is 0.0346. The molecule has 3 N–H and O–H groups in total. The summed E-state index contributed by atoms with van der Waals surface area (Å²) in [6, 6.07) is 10.6. The number of pyridine rings is 1. The minimum Gasteiger partial charge on any atom is -0.493 e. The normalized spacial score (nSPS) is 21.6. The van der Waals surface area contributed by atoms with Crippen LogP contribution >= 0.6 is 0 Å². The van der Waals surface area contributed by atoms with E-state index in [0.717, 1.165) is 5.56 Å². The van der Waals surface area contributed by atoms with E-state index in [1.54, 1.807) is 6.07 Å². The first-order valence-corrected chi connectivity index (χ1v) is 6.60. The molecule has 0 spiro atoms. The number of benzene rings is 1. The molecule has 102 valence electrons. The predicted octanol–water partition coefficient (Wildman–Crippen LogP) is 2.46. The van der Waals surface area contributed by atoms with Gasteiger partial charge in [0.25, 0.3) is 0 Å². The van der Waals surface area contributed by atoms with Crippen molar-refractivity contribution < 1.29 is 9.90 Å². The molecule has 4 nitrogen and oxygen atoms in total. The fourth-order valence-corrected chi connectivity index (χ4v) is 2.79. The number of nitrogens with two attached hydrogens (primary N) is 1. The van der Waals surface area contributed by atoms with Crippen molar-refractivity contribution in [3.05, 3.63) is 53.2 Å². The second-order valence-corrected chi connectivity index (χ2v) is 5.45. The lowest BCUT2D eigenvalue weighted by atomic mass is 9.69. The molecule has 1 atom stereocenters. The van der Waals surface area contributed by atoms with Crippen molar-refractivity contribution in [3.8, 4) is 5.88 Å². The number of nitrogen functional groups attached to an aromatic ring is 1. The summed E-state index contributed by atoms with van der Waals surface area (Å²) in [5, 5.41) is 9.42. The molecule has 1 aliphatic carbocycles. The maximum absolute atomic E-state index is 12.8. The number of aromatic hydroxyl groups is 1. The van der Waals surface area contributed by atoms with Gasteiger partial charge in [-0.25, -0.2) is 4.98 Å². The monoisotopic (exact) mass is 268 g/mol. The highest BCUT2D eigenvalue weighted by Crippen LogP contribution is 2.38. The summed E-state index contributed by atoms with van der Waals surface area (Å²) in [5.41, 5.74) is 8.09. The molecular formula is C16H16N2O2. The molecule has 0 bridgehead atoms. The average molecular weight is 268 g/mol. The molecule has 1 aromatic heterocycles. The summed E-state index contributed by atoms with van der Waals surface area (Å²) < 4.78 is 0. The van der Waals surface area contributed by atoms with Crippen LogP contribution < -0.4 is 5.73 Å². The number of nitrogens with zero attached hydrogens (tertiary/aromatic N) is 1. The summed E-state index contributed by atoms with van der Waals surface area (Å²) in [6.45, 7) is 1.96. The third-order valence-electron chi connectivity index (χ3n) is 4.11. The van der Waals surface area contributed by atoms with Crippen molar-refractivity contribution in [2.24, 2.45) is 0 Å². The number of hydrogen-bond acceptors (Lipinski definition) is 4. The van der Waals surface area contributed by atoms with E-state index in [2.05, 4.69) is 4.98 Å². The molecule has 1 heterocycles. The second kappa shape index (κ2) is 4.34. The molecule has 0 saturated carbocycles. The number of hydrogen-bond donors (Lipinski definition) is 2. The van der Waals surface area contributed by atoms with Gasteiger partial charge in [0.2, 0.25) is 5.88 Å². The highest BCUT2D eigenvalue weighted by molar-refractivity contribution is 6.05. The third kappa shape index (κ3) is 1.84. The van der Waals surface area contributed by atoms with Crippen molar-refractivity contribution >= 4 is 11.5 Å². The molecular weight excluding hydrogens is 252 g/mol. The first-order valence-electron chi connectivity index (χ1n) is 6.60. The van der Waals surface area contributed by atoms with Gasteiger partial charge >= 0.3 is 0 Å². The van der Waals surface area contributed by atoms with Crippen molar-refractivity contribution in [3.63, 3.8) is 0 Å². The van der Waals surface area contributed by atoms with Crippen LogP contribution in [-0.2, 0) is 11.8 Å². The van der Waals surface area contributed by atoms with E-state index in [1.165, 1.54) is 6.07 Å². The average Bonchev–Trinajstić information content (AvgIpc) is 2.44. The fourth-order valence-electron chi connectivity index (χ4n) is 2.79. The maximum Gasteiger partial charge on any atom is 0.210 e. The first-order chi connectivity index (χ1) is 9.50. The second-order valence-electron chi connectivity index (χ2n) is 5.45. The number of carbonyl (C=O) groups excluding carboxylic acids is 1. The van der Waals surface area contributed by atoms with Gasteiger partial charge in [-0.3, -0.25) is 4.79 Å². The van der Waals surface area contributed by atoms with Crippen molar-refractivity contribution in [1.29, 1.82) is 0 Å². The molecule has 20 heavy (non-hydrogen) atoms. The lowest BCUT2D eigenvalue weighted by molar-refractivity contribution is 0.0874. The van der Waals surface area contributed by atoms with Crippen LogP contribution in [0.15, 0.2) is 36.4 Å². The number of Topliss-reactive ketones (excluding diaryl/α,β-unsaturated/α-hetero) is 1. The molecule has 1 aliphatic rings. The number of ketones is 1. The largest absolute Gasteiger partial charge is 0.493 e. The van der Waals surface area contributed by atoms with Crippen LogP contribution in [0.5, 0.6) is 5.88 Å². The Labute approximate surface area is 117 Å². The zero-order chi connectivity index (χ0) is 14.3. The SMILES string of the molecule is CC1(c2ccc(N)cc2)CCc2nc(O)ccc2C1=O. The third-order valence-corrected chi connectivity index (χ3v) is 4.11. The Balaban J connectivity index is 2.06. The predicted molar refractivity (Wildman–Crippen MR) is 76.8 cm³/mol. The molecule has 2 aromatic rings. The van der Waals surface area contributed by atoms with Crippen molar-refractivity contribution in [2.45, 2.75) is 25.2 Å². The Morgan fingerprint density at radius 1 is 1.20 bits per heavy atom. The topological polar surface area (TPSA) is 76.2 Å². The quantitative estimate of drug-likeness (QED) is 0.779. The molecule has 0 amide bonds. The van der Waals surface area contributed by atoms with Crippen LogP contribution in [0.1, 0.15) is 35.0 Å². The van der Waals surface area contributed by atoms with Gasteiger partial charge in [0, 0.05) is 17.3 Å². The number of fused-ring (bicyclic) bond motifs is 1. The lowest BCUT2D eigenvalue weighted by Crippen LogP contribution is -2.37. The van der Waals surface area contributed by atoms with Crippen molar-refractivity contribution in [1.82, 2.24) is 4.98 Å². The Morgan fingerprint density at radius 2 is 1.90 bits per heavy atom. The van der Waals surface area contributed by atoms with Gasteiger partial charge in [-0.2, -0.15) is 0 Å².